The van der Waals surface area contributed by atoms with Crippen LogP contribution < -0.4 is 19.9 Å². The monoisotopic (exact) mass is 432 g/mol. The third-order valence-electron chi connectivity index (χ3n) is 5.03. The van der Waals surface area contributed by atoms with E-state index in [0.717, 1.165) is 47.8 Å². The van der Waals surface area contributed by atoms with Crippen LogP contribution in [0.5, 0.6) is 5.75 Å². The summed E-state index contributed by atoms with van der Waals surface area (Å²) in [6, 6.07) is 15.8. The lowest BCUT2D eigenvalue weighted by Gasteiger charge is -2.36. The second kappa shape index (κ2) is 9.24. The fourth-order valence-electron chi connectivity index (χ4n) is 3.43. The average Bonchev–Trinajstić information content (AvgIpc) is 2.70. The van der Waals surface area contributed by atoms with Gasteiger partial charge in [-0.2, -0.15) is 0 Å². The second-order valence-corrected chi connectivity index (χ2v) is 7.68. The Morgan fingerprint density at radius 3 is 2.52 bits per heavy atom. The molecule has 5 nitrogen and oxygen atoms in total. The minimum atomic E-state index is -0.0852. The van der Waals surface area contributed by atoms with Crippen LogP contribution in [-0.4, -0.2) is 44.7 Å². The number of rotatable bonds is 6. The highest BCUT2D eigenvalue weighted by atomic mass is 79.9. The average molecular weight is 433 g/mol. The van der Waals surface area contributed by atoms with Gasteiger partial charge in [0, 0.05) is 10.2 Å². The number of anilines is 2. The highest BCUT2D eigenvalue weighted by Crippen LogP contribution is 2.27. The summed E-state index contributed by atoms with van der Waals surface area (Å²) in [5, 5.41) is 3.02. The molecule has 0 spiro atoms. The molecule has 27 heavy (non-hydrogen) atoms. The van der Waals surface area contributed by atoms with Crippen LogP contribution in [0.3, 0.4) is 0 Å². The number of para-hydroxylation sites is 2. The van der Waals surface area contributed by atoms with Crippen LogP contribution in [0, 0.1) is 0 Å². The number of hydrogen-bond acceptors (Lipinski definition) is 3. The minimum absolute atomic E-state index is 0.0653. The first-order chi connectivity index (χ1) is 13.1. The van der Waals surface area contributed by atoms with Gasteiger partial charge in [0.25, 0.3) is 5.91 Å². The van der Waals surface area contributed by atoms with E-state index >= 15 is 0 Å². The Balaban J connectivity index is 1.57. The van der Waals surface area contributed by atoms with Crippen LogP contribution in [0.15, 0.2) is 53.0 Å². The van der Waals surface area contributed by atoms with Gasteiger partial charge in [0.05, 0.1) is 38.5 Å². The third-order valence-corrected chi connectivity index (χ3v) is 5.56. The molecule has 6 heteroatoms. The molecule has 0 saturated carbocycles. The molecule has 1 heterocycles. The number of carbonyl (C=O) groups is 1. The normalized spacial score (nSPS) is 16.0. The largest absolute Gasteiger partial charge is 0.492 e. The maximum Gasteiger partial charge on any atom is 0.282 e. The van der Waals surface area contributed by atoms with Crippen LogP contribution in [0.25, 0.3) is 0 Å². The molecule has 1 atom stereocenters. The van der Waals surface area contributed by atoms with Crippen LogP contribution >= 0.6 is 15.9 Å². The topological polar surface area (TPSA) is 46.0 Å². The van der Waals surface area contributed by atoms with E-state index in [1.807, 2.05) is 56.3 Å². The number of ether oxygens (including phenoxy) is 1. The van der Waals surface area contributed by atoms with Crippen LogP contribution in [0.1, 0.15) is 13.8 Å². The van der Waals surface area contributed by atoms with Crippen molar-refractivity contribution in [3.05, 3.63) is 53.0 Å². The van der Waals surface area contributed by atoms with Crippen LogP contribution in [0.2, 0.25) is 0 Å². The zero-order chi connectivity index (χ0) is 19.2. The lowest BCUT2D eigenvalue weighted by molar-refractivity contribution is -0.914. The fraction of sp³-hybridized carbons (Fsp3) is 0.381. The van der Waals surface area contributed by atoms with Crippen molar-refractivity contribution in [1.82, 2.24) is 0 Å². The van der Waals surface area contributed by atoms with E-state index in [0.29, 0.717) is 6.61 Å². The molecule has 1 fully saturated rings. The number of quaternary nitrogens is 1. The van der Waals surface area contributed by atoms with Gasteiger partial charge in [0.1, 0.15) is 5.75 Å². The van der Waals surface area contributed by atoms with E-state index in [1.165, 1.54) is 4.90 Å². The summed E-state index contributed by atoms with van der Waals surface area (Å²) in [5.74, 6) is 1.000. The van der Waals surface area contributed by atoms with Gasteiger partial charge in [-0.05, 0) is 50.2 Å². The highest BCUT2D eigenvalue weighted by Gasteiger charge is 2.30. The van der Waals surface area contributed by atoms with E-state index in [-0.39, 0.29) is 11.9 Å². The van der Waals surface area contributed by atoms with E-state index in [2.05, 4.69) is 32.2 Å². The maximum absolute atomic E-state index is 12.6. The fourth-order valence-corrected chi connectivity index (χ4v) is 3.70. The Labute approximate surface area is 169 Å². The smallest absolute Gasteiger partial charge is 0.282 e. The van der Waals surface area contributed by atoms with E-state index in [9.17, 15) is 4.79 Å². The quantitative estimate of drug-likeness (QED) is 0.737. The zero-order valence-corrected chi connectivity index (χ0v) is 17.5. The predicted molar refractivity (Wildman–Crippen MR) is 113 cm³/mol. The van der Waals surface area contributed by atoms with Crippen molar-refractivity contribution in [2.45, 2.75) is 19.9 Å². The molecule has 1 amide bonds. The van der Waals surface area contributed by atoms with Crippen molar-refractivity contribution in [3.63, 3.8) is 0 Å². The molecule has 0 aliphatic carbocycles. The maximum atomic E-state index is 12.6. The highest BCUT2D eigenvalue weighted by molar-refractivity contribution is 9.10. The molecule has 144 valence electrons. The number of piperazine rings is 1. The van der Waals surface area contributed by atoms with E-state index in [4.69, 9.17) is 4.74 Å². The van der Waals surface area contributed by atoms with Crippen molar-refractivity contribution < 1.29 is 14.4 Å². The molecule has 0 bridgehead atoms. The Morgan fingerprint density at radius 2 is 1.85 bits per heavy atom. The number of amides is 1. The first kappa shape index (κ1) is 19.7. The van der Waals surface area contributed by atoms with E-state index in [1.54, 1.807) is 0 Å². The summed E-state index contributed by atoms with van der Waals surface area (Å²) >= 11 is 3.41. The molecular weight excluding hydrogens is 406 g/mol. The summed E-state index contributed by atoms with van der Waals surface area (Å²) in [7, 11) is 0. The van der Waals surface area contributed by atoms with Gasteiger partial charge < -0.3 is 19.9 Å². The summed E-state index contributed by atoms with van der Waals surface area (Å²) in [4.78, 5) is 16.3. The van der Waals surface area contributed by atoms with Gasteiger partial charge in [-0.1, -0.05) is 28.1 Å². The first-order valence-corrected chi connectivity index (χ1v) is 10.3. The number of hydrogen-bond donors (Lipinski definition) is 2. The van der Waals surface area contributed by atoms with Gasteiger partial charge in [-0.25, -0.2) is 0 Å². The molecule has 0 radical (unpaired) electrons. The predicted octanol–water partition coefficient (Wildman–Crippen LogP) is 2.58. The number of halogens is 1. The van der Waals surface area contributed by atoms with Gasteiger partial charge in [-0.15, -0.1) is 0 Å². The number of benzene rings is 2. The molecule has 2 aromatic carbocycles. The first-order valence-electron chi connectivity index (χ1n) is 9.46. The van der Waals surface area contributed by atoms with Gasteiger partial charge in [0.2, 0.25) is 0 Å². The second-order valence-electron chi connectivity index (χ2n) is 6.76. The van der Waals surface area contributed by atoms with E-state index < -0.39 is 0 Å². The van der Waals surface area contributed by atoms with Gasteiger partial charge in [-0.3, -0.25) is 4.79 Å². The Morgan fingerprint density at radius 1 is 1.19 bits per heavy atom. The van der Waals surface area contributed by atoms with Crippen molar-refractivity contribution >= 4 is 33.2 Å². The van der Waals surface area contributed by atoms with Crippen LogP contribution in [0.4, 0.5) is 11.4 Å². The van der Waals surface area contributed by atoms with Crippen molar-refractivity contribution in [1.29, 1.82) is 0 Å². The van der Waals surface area contributed by atoms with Crippen molar-refractivity contribution in [3.8, 4) is 5.75 Å². The molecular formula is C21H27BrN3O2+. The molecule has 1 aliphatic rings. The SMILES string of the molecule is CCOc1ccccc1N1CC[NH+]([C@H](C)C(=O)Nc2ccc(Br)cc2)CC1. The minimum Gasteiger partial charge on any atom is -0.492 e. The zero-order valence-electron chi connectivity index (χ0n) is 15.9. The van der Waals surface area contributed by atoms with Crippen LogP contribution in [-0.2, 0) is 4.79 Å². The Kier molecular flexibility index (Phi) is 6.74. The number of carbonyl (C=O) groups excluding carboxylic acids is 1. The van der Waals surface area contributed by atoms with Gasteiger partial charge >= 0.3 is 0 Å². The summed E-state index contributed by atoms with van der Waals surface area (Å²) in [6.07, 6.45) is 0. The summed E-state index contributed by atoms with van der Waals surface area (Å²) < 4.78 is 6.76. The molecule has 1 aliphatic heterocycles. The molecule has 0 aromatic heterocycles. The molecule has 3 rings (SSSR count). The Bertz CT molecular complexity index is 758. The molecule has 1 saturated heterocycles. The number of nitrogens with one attached hydrogen (secondary N) is 2. The van der Waals surface area contributed by atoms with Crippen molar-refractivity contribution in [2.24, 2.45) is 0 Å². The summed E-state index contributed by atoms with van der Waals surface area (Å²) in [5.41, 5.74) is 1.98. The molecule has 2 N–H and O–H groups in total. The lowest BCUT2D eigenvalue weighted by Crippen LogP contribution is -3.19. The summed E-state index contributed by atoms with van der Waals surface area (Å²) in [6.45, 7) is 8.35. The third kappa shape index (κ3) is 5.02. The van der Waals surface area contributed by atoms with Gasteiger partial charge in [0.15, 0.2) is 6.04 Å². The molecule has 0 unspecified atom stereocenters. The van der Waals surface area contributed by atoms with Crippen molar-refractivity contribution in [2.75, 3.05) is 43.0 Å². The lowest BCUT2D eigenvalue weighted by atomic mass is 10.2. The number of nitrogens with zero attached hydrogens (tertiary/aromatic N) is 1. The Hall–Kier alpha value is -2.05. The standard InChI is InChI=1S/C21H26BrN3O2/c1-3-27-20-7-5-4-6-19(20)25-14-12-24(13-15-25)16(2)21(26)23-18-10-8-17(22)9-11-18/h4-11,16H,3,12-15H2,1-2H3,(H,23,26)/p+1/t16-/m1/s1. The molecule has 2 aromatic rings.